The zero-order valence-corrected chi connectivity index (χ0v) is 11.9. The summed E-state index contributed by atoms with van der Waals surface area (Å²) in [5.74, 6) is 0.891. The summed E-state index contributed by atoms with van der Waals surface area (Å²) in [5.41, 5.74) is 6.03. The summed E-state index contributed by atoms with van der Waals surface area (Å²) < 4.78 is 1.51. The topological polar surface area (TPSA) is 98.7 Å². The van der Waals surface area contributed by atoms with Crippen LogP contribution in [0.15, 0.2) is 31.0 Å². The molecule has 1 aliphatic carbocycles. The van der Waals surface area contributed by atoms with E-state index in [2.05, 4.69) is 20.4 Å². The van der Waals surface area contributed by atoms with Gasteiger partial charge in [-0.15, -0.1) is 0 Å². The predicted octanol–water partition coefficient (Wildman–Crippen LogP) is 0.519. The van der Waals surface area contributed by atoms with Gasteiger partial charge in [0.05, 0.1) is 5.54 Å². The second kappa shape index (κ2) is 5.25. The van der Waals surface area contributed by atoms with Crippen molar-refractivity contribution in [2.75, 3.05) is 6.54 Å². The van der Waals surface area contributed by atoms with Gasteiger partial charge in [-0.2, -0.15) is 5.10 Å². The van der Waals surface area contributed by atoms with E-state index < -0.39 is 0 Å². The minimum atomic E-state index is -0.340. The molecule has 7 nitrogen and oxygen atoms in total. The van der Waals surface area contributed by atoms with E-state index in [9.17, 15) is 4.79 Å². The molecule has 21 heavy (non-hydrogen) atoms. The first-order chi connectivity index (χ1) is 10.1. The molecule has 1 fully saturated rings. The number of carbonyl (C=O) groups excluding carboxylic acids is 1. The van der Waals surface area contributed by atoms with E-state index in [4.69, 9.17) is 5.73 Å². The van der Waals surface area contributed by atoms with Crippen LogP contribution in [0.3, 0.4) is 0 Å². The highest BCUT2D eigenvalue weighted by Gasteiger charge is 2.41. The highest BCUT2D eigenvalue weighted by Crippen LogP contribution is 2.39. The molecule has 110 valence electrons. The lowest BCUT2D eigenvalue weighted by Crippen LogP contribution is -2.53. The molecule has 0 spiro atoms. The van der Waals surface area contributed by atoms with Gasteiger partial charge in [-0.1, -0.05) is 0 Å². The van der Waals surface area contributed by atoms with Gasteiger partial charge >= 0.3 is 0 Å². The van der Waals surface area contributed by atoms with Gasteiger partial charge in [0.1, 0.15) is 12.7 Å². The van der Waals surface area contributed by atoms with Gasteiger partial charge in [0.25, 0.3) is 5.91 Å². The number of nitrogens with one attached hydrogen (secondary N) is 1. The Morgan fingerprint density at radius 3 is 3.00 bits per heavy atom. The van der Waals surface area contributed by atoms with E-state index in [0.29, 0.717) is 23.8 Å². The number of carbonyl (C=O) groups is 1. The van der Waals surface area contributed by atoms with E-state index >= 15 is 0 Å². The van der Waals surface area contributed by atoms with Crippen LogP contribution in [0.25, 0.3) is 5.82 Å². The SMILES string of the molecule is CC(CN)(NC(=O)c1ccnc(-n2cncn2)c1)C1CC1. The molecule has 0 saturated heterocycles. The van der Waals surface area contributed by atoms with Crippen molar-refractivity contribution in [1.82, 2.24) is 25.1 Å². The number of amides is 1. The van der Waals surface area contributed by atoms with Crippen LogP contribution in [0.4, 0.5) is 0 Å². The van der Waals surface area contributed by atoms with Crippen LogP contribution in [0, 0.1) is 5.92 Å². The molecule has 0 aromatic carbocycles. The summed E-state index contributed by atoms with van der Waals surface area (Å²) in [4.78, 5) is 20.5. The van der Waals surface area contributed by atoms with Gasteiger partial charge in [0.2, 0.25) is 0 Å². The molecular formula is C14H18N6O. The summed E-state index contributed by atoms with van der Waals surface area (Å²) in [6, 6.07) is 3.37. The first-order valence-corrected chi connectivity index (χ1v) is 6.96. The summed E-state index contributed by atoms with van der Waals surface area (Å²) >= 11 is 0. The third-order valence-electron chi connectivity index (χ3n) is 3.96. The van der Waals surface area contributed by atoms with E-state index in [0.717, 1.165) is 12.8 Å². The smallest absolute Gasteiger partial charge is 0.251 e. The number of pyridine rings is 1. The Balaban J connectivity index is 1.80. The number of hydrogen-bond acceptors (Lipinski definition) is 5. The molecule has 0 bridgehead atoms. The first kappa shape index (κ1) is 13.7. The molecule has 7 heteroatoms. The fraction of sp³-hybridized carbons (Fsp3) is 0.429. The maximum absolute atomic E-state index is 12.4. The zero-order valence-electron chi connectivity index (χ0n) is 11.9. The molecule has 2 aromatic rings. The van der Waals surface area contributed by atoms with Gasteiger partial charge in [-0.3, -0.25) is 4.79 Å². The highest BCUT2D eigenvalue weighted by molar-refractivity contribution is 5.95. The van der Waals surface area contributed by atoms with Crippen molar-refractivity contribution < 1.29 is 4.79 Å². The van der Waals surface area contributed by atoms with Crippen LogP contribution in [-0.4, -0.2) is 37.7 Å². The summed E-state index contributed by atoms with van der Waals surface area (Å²) in [5, 5.41) is 7.06. The molecular weight excluding hydrogens is 268 g/mol. The number of nitrogens with zero attached hydrogens (tertiary/aromatic N) is 4. The normalized spacial score (nSPS) is 17.2. The van der Waals surface area contributed by atoms with Crippen molar-refractivity contribution in [3.63, 3.8) is 0 Å². The van der Waals surface area contributed by atoms with Crippen LogP contribution in [0.2, 0.25) is 0 Å². The fourth-order valence-electron chi connectivity index (χ4n) is 2.38. The Bertz CT molecular complexity index is 637. The van der Waals surface area contributed by atoms with E-state index in [1.54, 1.807) is 18.3 Å². The molecule has 2 aromatic heterocycles. The molecule has 1 atom stereocenters. The predicted molar refractivity (Wildman–Crippen MR) is 76.8 cm³/mol. The average molecular weight is 286 g/mol. The van der Waals surface area contributed by atoms with Crippen molar-refractivity contribution in [1.29, 1.82) is 0 Å². The molecule has 0 aliphatic heterocycles. The van der Waals surface area contributed by atoms with Crippen molar-refractivity contribution in [2.24, 2.45) is 11.7 Å². The van der Waals surface area contributed by atoms with E-state index in [-0.39, 0.29) is 11.4 Å². The second-order valence-electron chi connectivity index (χ2n) is 5.59. The summed E-state index contributed by atoms with van der Waals surface area (Å²) in [6.45, 7) is 2.44. The van der Waals surface area contributed by atoms with Crippen LogP contribution in [0.5, 0.6) is 0 Å². The highest BCUT2D eigenvalue weighted by atomic mass is 16.1. The lowest BCUT2D eigenvalue weighted by atomic mass is 9.95. The number of aromatic nitrogens is 4. The monoisotopic (exact) mass is 286 g/mol. The van der Waals surface area contributed by atoms with Crippen molar-refractivity contribution in [3.8, 4) is 5.82 Å². The van der Waals surface area contributed by atoms with E-state index in [1.807, 2.05) is 6.92 Å². The van der Waals surface area contributed by atoms with Gasteiger partial charge in [-0.05, 0) is 37.8 Å². The standard InChI is InChI=1S/C14H18N6O/c1-14(7-15,11-2-3-11)19-13(21)10-4-5-17-12(6-10)20-9-16-8-18-20/h4-6,8-9,11H,2-3,7,15H2,1H3,(H,19,21). The molecule has 1 aliphatic rings. The van der Waals surface area contributed by atoms with Crippen LogP contribution in [0.1, 0.15) is 30.1 Å². The number of rotatable bonds is 5. The molecule has 3 N–H and O–H groups in total. The zero-order chi connectivity index (χ0) is 14.9. The van der Waals surface area contributed by atoms with Gasteiger partial charge < -0.3 is 11.1 Å². The molecule has 0 radical (unpaired) electrons. The second-order valence-corrected chi connectivity index (χ2v) is 5.59. The Labute approximate surface area is 122 Å². The van der Waals surface area contributed by atoms with Gasteiger partial charge in [0, 0.05) is 18.3 Å². The Kier molecular flexibility index (Phi) is 3.42. The molecule has 3 rings (SSSR count). The number of hydrogen-bond donors (Lipinski definition) is 2. The van der Waals surface area contributed by atoms with Crippen molar-refractivity contribution in [2.45, 2.75) is 25.3 Å². The Morgan fingerprint density at radius 2 is 2.38 bits per heavy atom. The fourth-order valence-corrected chi connectivity index (χ4v) is 2.38. The third-order valence-corrected chi connectivity index (χ3v) is 3.96. The van der Waals surface area contributed by atoms with Crippen LogP contribution in [-0.2, 0) is 0 Å². The third kappa shape index (κ3) is 2.78. The lowest BCUT2D eigenvalue weighted by molar-refractivity contribution is 0.0897. The lowest BCUT2D eigenvalue weighted by Gasteiger charge is -2.29. The Morgan fingerprint density at radius 1 is 1.57 bits per heavy atom. The summed E-state index contributed by atoms with van der Waals surface area (Å²) in [6.07, 6.45) is 6.79. The maximum Gasteiger partial charge on any atom is 0.251 e. The largest absolute Gasteiger partial charge is 0.345 e. The number of nitrogens with two attached hydrogens (primary N) is 1. The Hall–Kier alpha value is -2.28. The summed E-state index contributed by atoms with van der Waals surface area (Å²) in [7, 11) is 0. The van der Waals surface area contributed by atoms with Crippen molar-refractivity contribution in [3.05, 3.63) is 36.5 Å². The minimum Gasteiger partial charge on any atom is -0.345 e. The molecule has 2 heterocycles. The van der Waals surface area contributed by atoms with Gasteiger partial charge in [-0.25, -0.2) is 14.6 Å². The first-order valence-electron chi connectivity index (χ1n) is 6.96. The van der Waals surface area contributed by atoms with Crippen molar-refractivity contribution >= 4 is 5.91 Å². The molecule has 1 unspecified atom stereocenters. The van der Waals surface area contributed by atoms with Crippen LogP contribution < -0.4 is 11.1 Å². The van der Waals surface area contributed by atoms with E-state index in [1.165, 1.54) is 17.3 Å². The molecule has 1 saturated carbocycles. The quantitative estimate of drug-likeness (QED) is 0.835. The minimum absolute atomic E-state index is 0.140. The van der Waals surface area contributed by atoms with Crippen LogP contribution >= 0.6 is 0 Å². The molecule has 1 amide bonds. The van der Waals surface area contributed by atoms with Gasteiger partial charge in [0.15, 0.2) is 5.82 Å². The average Bonchev–Trinajstić information content (AvgIpc) is 3.23. The maximum atomic E-state index is 12.4.